The summed E-state index contributed by atoms with van der Waals surface area (Å²) in [5.41, 5.74) is 1.70. The number of H-pyrrole nitrogens is 1. The molecule has 0 spiro atoms. The molecule has 0 bridgehead atoms. The standard InChI is InChI=1S/C11H13BrN6O3/c1-6-7(5-17(3)15-6)4-16(2)11(19)9-8(12)10(14-13-9)18(20)21/h5H,4H2,1-3H3,(H,13,14). The summed E-state index contributed by atoms with van der Waals surface area (Å²) >= 11 is 3.03. The zero-order valence-electron chi connectivity index (χ0n) is 11.6. The summed E-state index contributed by atoms with van der Waals surface area (Å²) in [5.74, 6) is -0.765. The Bertz CT molecular complexity index is 707. The highest BCUT2D eigenvalue weighted by Gasteiger charge is 2.27. The van der Waals surface area contributed by atoms with Crippen LogP contribution in [0.3, 0.4) is 0 Å². The van der Waals surface area contributed by atoms with Crippen LogP contribution in [-0.2, 0) is 13.6 Å². The van der Waals surface area contributed by atoms with Crippen LogP contribution in [0.15, 0.2) is 10.7 Å². The second-order valence-corrected chi connectivity index (χ2v) is 5.36. The lowest BCUT2D eigenvalue weighted by Crippen LogP contribution is -2.27. The Hall–Kier alpha value is -2.23. The molecule has 0 radical (unpaired) electrons. The fourth-order valence-corrected chi connectivity index (χ4v) is 2.39. The summed E-state index contributed by atoms with van der Waals surface area (Å²) < 4.78 is 1.71. The van der Waals surface area contributed by atoms with Crippen molar-refractivity contribution in [2.75, 3.05) is 7.05 Å². The van der Waals surface area contributed by atoms with Crippen LogP contribution >= 0.6 is 15.9 Å². The zero-order valence-corrected chi connectivity index (χ0v) is 13.2. The largest absolute Gasteiger partial charge is 0.358 e. The van der Waals surface area contributed by atoms with E-state index in [-0.39, 0.29) is 16.0 Å². The van der Waals surface area contributed by atoms with Crippen molar-refractivity contribution in [2.45, 2.75) is 13.5 Å². The van der Waals surface area contributed by atoms with Gasteiger partial charge >= 0.3 is 5.82 Å². The van der Waals surface area contributed by atoms with Gasteiger partial charge in [0.05, 0.1) is 5.69 Å². The molecule has 21 heavy (non-hydrogen) atoms. The van der Waals surface area contributed by atoms with Crippen LogP contribution < -0.4 is 0 Å². The Kier molecular flexibility index (Phi) is 4.07. The smallest absolute Gasteiger partial charge is 0.357 e. The van der Waals surface area contributed by atoms with E-state index < -0.39 is 10.8 Å². The van der Waals surface area contributed by atoms with Crippen molar-refractivity contribution in [1.29, 1.82) is 0 Å². The molecular weight excluding hydrogens is 344 g/mol. The van der Waals surface area contributed by atoms with Crippen LogP contribution in [0, 0.1) is 17.0 Å². The van der Waals surface area contributed by atoms with Crippen molar-refractivity contribution >= 4 is 27.7 Å². The first-order valence-corrected chi connectivity index (χ1v) is 6.73. The van der Waals surface area contributed by atoms with Gasteiger partial charge in [0, 0.05) is 32.4 Å². The molecule has 0 unspecified atom stereocenters. The first-order chi connectivity index (χ1) is 9.81. The van der Waals surface area contributed by atoms with Crippen LogP contribution in [0.25, 0.3) is 0 Å². The number of hydrogen-bond acceptors (Lipinski definition) is 5. The zero-order chi connectivity index (χ0) is 15.7. The number of hydrogen-bond donors (Lipinski definition) is 1. The van der Waals surface area contributed by atoms with Crippen LogP contribution in [0.5, 0.6) is 0 Å². The summed E-state index contributed by atoms with van der Waals surface area (Å²) in [4.78, 5) is 23.8. The molecule has 2 rings (SSSR count). The molecule has 112 valence electrons. The number of carbonyl (C=O) groups excluding carboxylic acids is 1. The van der Waals surface area contributed by atoms with Crippen LogP contribution in [0.2, 0.25) is 0 Å². The minimum absolute atomic E-state index is 0.0225. The van der Waals surface area contributed by atoms with E-state index in [0.29, 0.717) is 6.54 Å². The molecule has 10 heteroatoms. The highest BCUT2D eigenvalue weighted by Crippen LogP contribution is 2.26. The molecule has 0 saturated carbocycles. The highest BCUT2D eigenvalue weighted by molar-refractivity contribution is 9.10. The molecule has 1 amide bonds. The number of nitro groups is 1. The maximum Gasteiger partial charge on any atom is 0.357 e. The summed E-state index contributed by atoms with van der Waals surface area (Å²) in [6.07, 6.45) is 1.82. The normalized spacial score (nSPS) is 10.7. The molecule has 0 aromatic carbocycles. The third-order valence-corrected chi connectivity index (χ3v) is 3.70. The van der Waals surface area contributed by atoms with Gasteiger partial charge in [-0.25, -0.2) is 0 Å². The van der Waals surface area contributed by atoms with Crippen molar-refractivity contribution in [3.05, 3.63) is 37.7 Å². The topological polar surface area (TPSA) is 110 Å². The van der Waals surface area contributed by atoms with E-state index in [0.717, 1.165) is 11.3 Å². The van der Waals surface area contributed by atoms with Crippen molar-refractivity contribution < 1.29 is 9.72 Å². The van der Waals surface area contributed by atoms with E-state index >= 15 is 0 Å². The molecule has 0 aliphatic rings. The van der Waals surface area contributed by atoms with Crippen LogP contribution in [0.1, 0.15) is 21.7 Å². The van der Waals surface area contributed by atoms with Gasteiger partial charge in [0.2, 0.25) is 0 Å². The Labute approximate surface area is 128 Å². The molecule has 0 saturated heterocycles. The van der Waals surface area contributed by atoms with Gasteiger partial charge in [-0.3, -0.25) is 9.48 Å². The van der Waals surface area contributed by atoms with Crippen molar-refractivity contribution in [3.8, 4) is 0 Å². The lowest BCUT2D eigenvalue weighted by molar-refractivity contribution is -0.390. The predicted molar refractivity (Wildman–Crippen MR) is 76.7 cm³/mol. The average molecular weight is 357 g/mol. The summed E-state index contributed by atoms with van der Waals surface area (Å²) in [5, 5.41) is 20.9. The monoisotopic (exact) mass is 356 g/mol. The Morgan fingerprint density at radius 1 is 1.62 bits per heavy atom. The number of aryl methyl sites for hydroxylation is 2. The fraction of sp³-hybridized carbons (Fsp3) is 0.364. The minimum atomic E-state index is -0.640. The van der Waals surface area contributed by atoms with Gasteiger partial charge in [-0.05, 0) is 27.8 Å². The molecule has 0 fully saturated rings. The fourth-order valence-electron chi connectivity index (χ4n) is 1.89. The Morgan fingerprint density at radius 2 is 2.29 bits per heavy atom. The molecule has 0 aliphatic carbocycles. The maximum atomic E-state index is 12.3. The van der Waals surface area contributed by atoms with Crippen LogP contribution in [-0.4, -0.2) is 42.8 Å². The third kappa shape index (κ3) is 2.94. The van der Waals surface area contributed by atoms with Gasteiger partial charge in [0.25, 0.3) is 5.91 Å². The lowest BCUT2D eigenvalue weighted by atomic mass is 10.2. The van der Waals surface area contributed by atoms with Crippen molar-refractivity contribution in [3.63, 3.8) is 0 Å². The molecular formula is C11H13BrN6O3. The van der Waals surface area contributed by atoms with Gasteiger partial charge in [-0.15, -0.1) is 5.10 Å². The number of halogens is 1. The van der Waals surface area contributed by atoms with E-state index in [1.54, 1.807) is 18.8 Å². The number of rotatable bonds is 4. The third-order valence-electron chi connectivity index (χ3n) is 2.94. The molecule has 2 aromatic rings. The highest BCUT2D eigenvalue weighted by atomic mass is 79.9. The number of carbonyl (C=O) groups is 1. The van der Waals surface area contributed by atoms with E-state index in [9.17, 15) is 14.9 Å². The van der Waals surface area contributed by atoms with Gasteiger partial charge in [0.15, 0.2) is 5.69 Å². The SMILES string of the molecule is Cc1nn(C)cc1CN(C)C(=O)c1n[nH]c([N+](=O)[O-])c1Br. The number of aromatic nitrogens is 4. The quantitative estimate of drug-likeness (QED) is 0.657. The van der Waals surface area contributed by atoms with E-state index in [4.69, 9.17) is 0 Å². The molecule has 0 atom stereocenters. The molecule has 2 heterocycles. The van der Waals surface area contributed by atoms with Crippen molar-refractivity contribution in [1.82, 2.24) is 24.9 Å². The van der Waals surface area contributed by atoms with Crippen molar-refractivity contribution in [2.24, 2.45) is 7.05 Å². The maximum absolute atomic E-state index is 12.3. The lowest BCUT2D eigenvalue weighted by Gasteiger charge is -2.15. The summed E-state index contributed by atoms with van der Waals surface area (Å²) in [6.45, 7) is 2.19. The number of nitrogens with zero attached hydrogens (tertiary/aromatic N) is 5. The molecule has 1 N–H and O–H groups in total. The second-order valence-electron chi connectivity index (χ2n) is 4.57. The molecule has 0 aliphatic heterocycles. The summed E-state index contributed by atoms with van der Waals surface area (Å²) in [6, 6.07) is 0. The van der Waals surface area contributed by atoms with Crippen LogP contribution in [0.4, 0.5) is 5.82 Å². The molecule has 2 aromatic heterocycles. The Morgan fingerprint density at radius 3 is 2.76 bits per heavy atom. The average Bonchev–Trinajstić information content (AvgIpc) is 2.92. The van der Waals surface area contributed by atoms with Gasteiger partial charge in [-0.1, -0.05) is 5.10 Å². The van der Waals surface area contributed by atoms with Gasteiger partial charge in [0.1, 0.15) is 4.47 Å². The minimum Gasteiger partial charge on any atom is -0.358 e. The van der Waals surface area contributed by atoms with E-state index in [1.807, 2.05) is 13.1 Å². The number of nitrogens with one attached hydrogen (secondary N) is 1. The second kappa shape index (κ2) is 5.64. The first kappa shape index (κ1) is 15.2. The number of aromatic amines is 1. The molecule has 9 nitrogen and oxygen atoms in total. The Balaban J connectivity index is 2.20. The first-order valence-electron chi connectivity index (χ1n) is 5.94. The van der Waals surface area contributed by atoms with Gasteiger partial charge in [-0.2, -0.15) is 5.10 Å². The van der Waals surface area contributed by atoms with E-state index in [2.05, 4.69) is 31.2 Å². The van der Waals surface area contributed by atoms with E-state index in [1.165, 1.54) is 4.90 Å². The number of amides is 1. The van der Waals surface area contributed by atoms with Gasteiger partial charge < -0.3 is 15.0 Å². The summed E-state index contributed by atoms with van der Waals surface area (Å²) in [7, 11) is 3.40. The predicted octanol–water partition coefficient (Wildman–Crippen LogP) is 1.39.